The van der Waals surface area contributed by atoms with E-state index in [2.05, 4.69) is 5.10 Å². The number of rotatable bonds is 8. The van der Waals surface area contributed by atoms with Crippen LogP contribution in [-0.4, -0.2) is 58.2 Å². The van der Waals surface area contributed by atoms with E-state index in [-0.39, 0.29) is 48.7 Å². The number of benzene rings is 2. The topological polar surface area (TPSA) is 145 Å². The Morgan fingerprint density at radius 2 is 2.00 bits per heavy atom. The van der Waals surface area contributed by atoms with Crippen LogP contribution < -0.4 is 4.74 Å². The number of aromatic nitrogens is 2. The summed E-state index contributed by atoms with van der Waals surface area (Å²) in [6, 6.07) is 10.5. The number of ether oxygens (including phenoxy) is 1. The van der Waals surface area contributed by atoms with E-state index < -0.39 is 26.6 Å². The molecule has 4 rings (SSSR count). The van der Waals surface area contributed by atoms with Gasteiger partial charge < -0.3 is 9.84 Å². The van der Waals surface area contributed by atoms with Crippen LogP contribution in [0, 0.1) is 16.0 Å². The van der Waals surface area contributed by atoms with Gasteiger partial charge in [-0.3, -0.25) is 19.6 Å². The molecule has 0 unspecified atom stereocenters. The summed E-state index contributed by atoms with van der Waals surface area (Å²) in [6.45, 7) is 4.08. The fraction of sp³-hybridized carbons (Fsp3) is 0.364. The SMILES string of the molecule is CCOc1ccc(S(=O)(=O)N2C[C@@H](C)[C@@H](n3nc(CC(=O)O)c4ccccc43)C2)cc1[N+](=O)[O-]. The molecule has 180 valence electrons. The molecule has 0 radical (unpaired) electrons. The number of carbonyl (C=O) groups is 1. The smallest absolute Gasteiger partial charge is 0.312 e. The number of fused-ring (bicyclic) bond motifs is 1. The summed E-state index contributed by atoms with van der Waals surface area (Å²) in [5.74, 6) is -1.13. The van der Waals surface area contributed by atoms with Crippen molar-refractivity contribution < 1.29 is 28.0 Å². The summed E-state index contributed by atoms with van der Waals surface area (Å²) >= 11 is 0. The second kappa shape index (κ2) is 9.03. The van der Waals surface area contributed by atoms with Crippen molar-refractivity contribution in [2.45, 2.75) is 31.2 Å². The number of nitro benzene ring substituents is 1. The molecule has 11 nitrogen and oxygen atoms in total. The van der Waals surface area contributed by atoms with Crippen molar-refractivity contribution in [3.05, 3.63) is 58.3 Å². The van der Waals surface area contributed by atoms with Gasteiger partial charge in [-0.2, -0.15) is 9.40 Å². The minimum absolute atomic E-state index is 0.00749. The van der Waals surface area contributed by atoms with Crippen LogP contribution in [0.15, 0.2) is 47.4 Å². The summed E-state index contributed by atoms with van der Waals surface area (Å²) < 4.78 is 35.0. The Hall–Kier alpha value is -3.51. The van der Waals surface area contributed by atoms with Gasteiger partial charge in [0.05, 0.1) is 40.1 Å². The van der Waals surface area contributed by atoms with Gasteiger partial charge in [-0.25, -0.2) is 8.42 Å². The average Bonchev–Trinajstić information content (AvgIpc) is 3.34. The first kappa shape index (κ1) is 23.6. The van der Waals surface area contributed by atoms with Crippen molar-refractivity contribution in [2.24, 2.45) is 5.92 Å². The van der Waals surface area contributed by atoms with Gasteiger partial charge in [0.15, 0.2) is 5.75 Å². The molecule has 2 heterocycles. The molecule has 12 heteroatoms. The zero-order valence-corrected chi connectivity index (χ0v) is 19.4. The molecule has 2 atom stereocenters. The fourth-order valence-electron chi connectivity index (χ4n) is 4.33. The van der Waals surface area contributed by atoms with Gasteiger partial charge in [-0.1, -0.05) is 25.1 Å². The van der Waals surface area contributed by atoms with Gasteiger partial charge in [0, 0.05) is 24.5 Å². The lowest BCUT2D eigenvalue weighted by atomic mass is 10.1. The molecule has 0 bridgehead atoms. The first-order valence-electron chi connectivity index (χ1n) is 10.7. The summed E-state index contributed by atoms with van der Waals surface area (Å²) in [4.78, 5) is 21.9. The molecule has 1 aliphatic heterocycles. The van der Waals surface area contributed by atoms with Crippen LogP contribution in [0.4, 0.5) is 5.69 Å². The molecule has 2 aromatic carbocycles. The molecule has 3 aromatic rings. The third kappa shape index (κ3) is 4.21. The Morgan fingerprint density at radius 1 is 1.26 bits per heavy atom. The Labute approximate surface area is 195 Å². The average molecular weight is 489 g/mol. The van der Waals surface area contributed by atoms with Gasteiger partial charge >= 0.3 is 11.7 Å². The summed E-state index contributed by atoms with van der Waals surface area (Å²) in [5.41, 5.74) is 0.730. The quantitative estimate of drug-likeness (QED) is 0.376. The van der Waals surface area contributed by atoms with E-state index in [4.69, 9.17) is 4.74 Å². The first-order chi connectivity index (χ1) is 16.1. The molecule has 1 fully saturated rings. The zero-order valence-electron chi connectivity index (χ0n) is 18.6. The largest absolute Gasteiger partial charge is 0.487 e. The van der Waals surface area contributed by atoms with Crippen LogP contribution in [0.3, 0.4) is 0 Å². The third-order valence-electron chi connectivity index (χ3n) is 5.93. The van der Waals surface area contributed by atoms with Crippen LogP contribution in [0.5, 0.6) is 5.75 Å². The summed E-state index contributed by atoms with van der Waals surface area (Å²) in [7, 11) is -4.03. The fourth-order valence-corrected chi connectivity index (χ4v) is 5.91. The molecule has 1 aliphatic rings. The molecule has 1 N–H and O–H groups in total. The molecule has 0 saturated carbocycles. The van der Waals surface area contributed by atoms with Crippen LogP contribution in [0.1, 0.15) is 25.6 Å². The monoisotopic (exact) mass is 488 g/mol. The minimum atomic E-state index is -4.03. The second-order valence-corrected chi connectivity index (χ2v) is 10.1. The maximum Gasteiger partial charge on any atom is 0.312 e. The van der Waals surface area contributed by atoms with Gasteiger partial charge in [0.2, 0.25) is 10.0 Å². The van der Waals surface area contributed by atoms with Crippen molar-refractivity contribution in [3.8, 4) is 5.75 Å². The number of hydrogen-bond donors (Lipinski definition) is 1. The lowest BCUT2D eigenvalue weighted by molar-refractivity contribution is -0.386. The van der Waals surface area contributed by atoms with E-state index in [1.54, 1.807) is 23.7 Å². The Kier molecular flexibility index (Phi) is 6.28. The number of carboxylic acids is 1. The van der Waals surface area contributed by atoms with E-state index in [0.29, 0.717) is 11.1 Å². The van der Waals surface area contributed by atoms with Gasteiger partial charge in [0.25, 0.3) is 0 Å². The molecule has 34 heavy (non-hydrogen) atoms. The van der Waals surface area contributed by atoms with Crippen LogP contribution in [0.25, 0.3) is 10.9 Å². The highest BCUT2D eigenvalue weighted by molar-refractivity contribution is 7.89. The van der Waals surface area contributed by atoms with E-state index >= 15 is 0 Å². The lowest BCUT2D eigenvalue weighted by Gasteiger charge is -2.18. The van der Waals surface area contributed by atoms with E-state index in [1.165, 1.54) is 16.4 Å². The van der Waals surface area contributed by atoms with Crippen LogP contribution in [0.2, 0.25) is 0 Å². The van der Waals surface area contributed by atoms with Crippen LogP contribution >= 0.6 is 0 Å². The van der Waals surface area contributed by atoms with Crippen molar-refractivity contribution in [1.29, 1.82) is 0 Å². The lowest BCUT2D eigenvalue weighted by Crippen LogP contribution is -2.29. The van der Waals surface area contributed by atoms with Gasteiger partial charge in [-0.05, 0) is 31.0 Å². The molecule has 0 aliphatic carbocycles. The Morgan fingerprint density at radius 3 is 2.68 bits per heavy atom. The standard InChI is InChI=1S/C22H24N4O7S/c1-3-33-21-9-8-15(10-19(21)26(29)30)34(31,32)24-12-14(2)20(13-24)25-18-7-5-4-6-16(18)17(23-25)11-22(27)28/h4-10,14,20H,3,11-13H2,1-2H3,(H,27,28)/t14-,20+/m1/s1. The number of sulfonamides is 1. The Balaban J connectivity index is 1.68. The van der Waals surface area contributed by atoms with Crippen molar-refractivity contribution in [1.82, 2.24) is 14.1 Å². The first-order valence-corrected chi connectivity index (χ1v) is 12.2. The molecule has 1 aromatic heterocycles. The van der Waals surface area contributed by atoms with Crippen molar-refractivity contribution in [3.63, 3.8) is 0 Å². The minimum Gasteiger partial charge on any atom is -0.487 e. The predicted octanol–water partition coefficient (Wildman–Crippen LogP) is 2.85. The number of para-hydroxylation sites is 1. The number of carboxylic acid groups (broad SMARTS) is 1. The maximum atomic E-state index is 13.4. The maximum absolute atomic E-state index is 13.4. The Bertz CT molecular complexity index is 1370. The third-order valence-corrected chi connectivity index (χ3v) is 7.75. The van der Waals surface area contributed by atoms with E-state index in [1.807, 2.05) is 19.1 Å². The van der Waals surface area contributed by atoms with Gasteiger partial charge in [-0.15, -0.1) is 0 Å². The molecule has 1 saturated heterocycles. The highest BCUT2D eigenvalue weighted by Crippen LogP contribution is 2.36. The highest BCUT2D eigenvalue weighted by atomic mass is 32.2. The highest BCUT2D eigenvalue weighted by Gasteiger charge is 2.40. The predicted molar refractivity (Wildman–Crippen MR) is 122 cm³/mol. The van der Waals surface area contributed by atoms with Crippen molar-refractivity contribution >= 4 is 32.6 Å². The molecular weight excluding hydrogens is 464 g/mol. The molecular formula is C22H24N4O7S. The normalized spacial score (nSPS) is 18.9. The number of aliphatic carboxylic acids is 1. The number of nitro groups is 1. The van der Waals surface area contributed by atoms with E-state index in [9.17, 15) is 28.4 Å². The van der Waals surface area contributed by atoms with E-state index in [0.717, 1.165) is 11.6 Å². The number of hydrogen-bond acceptors (Lipinski definition) is 7. The molecule has 0 spiro atoms. The second-order valence-electron chi connectivity index (χ2n) is 8.17. The van der Waals surface area contributed by atoms with Crippen LogP contribution in [-0.2, 0) is 21.2 Å². The van der Waals surface area contributed by atoms with Crippen molar-refractivity contribution in [2.75, 3.05) is 19.7 Å². The molecule has 0 amide bonds. The summed E-state index contributed by atoms with van der Waals surface area (Å²) in [5, 5.41) is 25.9. The zero-order chi connectivity index (χ0) is 24.6. The van der Waals surface area contributed by atoms with Gasteiger partial charge in [0.1, 0.15) is 0 Å². The number of nitrogens with zero attached hydrogens (tertiary/aromatic N) is 4. The summed E-state index contributed by atoms with van der Waals surface area (Å²) in [6.07, 6.45) is -0.244.